The summed E-state index contributed by atoms with van der Waals surface area (Å²) in [6.07, 6.45) is 0. The Labute approximate surface area is 83.5 Å². The van der Waals surface area contributed by atoms with Crippen LogP contribution in [0.5, 0.6) is 0 Å². The molecule has 0 radical (unpaired) electrons. The quantitative estimate of drug-likeness (QED) is 0.680. The molecule has 1 rings (SSSR count). The van der Waals surface area contributed by atoms with Crippen molar-refractivity contribution < 1.29 is 4.79 Å². The molecule has 0 heterocycles. The number of benzene rings is 1. The van der Waals surface area contributed by atoms with E-state index >= 15 is 0 Å². The third kappa shape index (κ3) is 3.18. The van der Waals surface area contributed by atoms with Gasteiger partial charge in [0.1, 0.15) is 0 Å². The summed E-state index contributed by atoms with van der Waals surface area (Å²) in [5, 5.41) is 0. The molecule has 0 aromatic heterocycles. The minimum absolute atomic E-state index is 0. The van der Waals surface area contributed by atoms with Gasteiger partial charge in [-0.3, -0.25) is 4.79 Å². The molecule has 0 atom stereocenters. The summed E-state index contributed by atoms with van der Waals surface area (Å²) in [5.74, 6) is 5.17. The Morgan fingerprint density at radius 3 is 2.69 bits per heavy atom. The van der Waals surface area contributed by atoms with Gasteiger partial charge in [-0.15, -0.1) is 18.3 Å². The Morgan fingerprint density at radius 1 is 1.46 bits per heavy atom. The first-order chi connectivity index (χ1) is 5.74. The van der Waals surface area contributed by atoms with Gasteiger partial charge in [0.05, 0.1) is 0 Å². The van der Waals surface area contributed by atoms with E-state index < -0.39 is 5.91 Å². The lowest BCUT2D eigenvalue weighted by Gasteiger charge is -1.94. The summed E-state index contributed by atoms with van der Waals surface area (Å²) in [6, 6.07) is 6.95. The zero-order valence-corrected chi connectivity index (χ0v) is 8.02. The maximum absolute atomic E-state index is 10.7. The Morgan fingerprint density at radius 2 is 2.15 bits per heavy atom. The zero-order valence-electron chi connectivity index (χ0n) is 7.20. The van der Waals surface area contributed by atoms with Gasteiger partial charge in [0.15, 0.2) is 0 Å². The van der Waals surface area contributed by atoms with Crippen LogP contribution in [0, 0.1) is 11.8 Å². The molecule has 1 amide bonds. The molecular formula is C10H10ClNO. The molecule has 0 bridgehead atoms. The van der Waals surface area contributed by atoms with Gasteiger partial charge in [0.25, 0.3) is 0 Å². The van der Waals surface area contributed by atoms with E-state index in [4.69, 9.17) is 5.73 Å². The van der Waals surface area contributed by atoms with Gasteiger partial charge >= 0.3 is 0 Å². The van der Waals surface area contributed by atoms with Crippen LogP contribution in [-0.2, 0) is 0 Å². The van der Waals surface area contributed by atoms with Gasteiger partial charge in [-0.05, 0) is 25.1 Å². The van der Waals surface area contributed by atoms with Crippen LogP contribution in [0.4, 0.5) is 0 Å². The molecule has 13 heavy (non-hydrogen) atoms. The predicted octanol–water partition coefficient (Wildman–Crippen LogP) is 1.58. The zero-order chi connectivity index (χ0) is 8.97. The average Bonchev–Trinajstić information content (AvgIpc) is 2.05. The summed E-state index contributed by atoms with van der Waals surface area (Å²) in [4.78, 5) is 10.7. The van der Waals surface area contributed by atoms with Gasteiger partial charge in [-0.25, -0.2) is 0 Å². The van der Waals surface area contributed by atoms with Gasteiger partial charge in [0, 0.05) is 11.1 Å². The molecule has 68 valence electrons. The van der Waals surface area contributed by atoms with Gasteiger partial charge < -0.3 is 5.73 Å². The van der Waals surface area contributed by atoms with E-state index in [1.807, 2.05) is 6.07 Å². The molecule has 0 saturated heterocycles. The fourth-order valence-electron chi connectivity index (χ4n) is 0.895. The van der Waals surface area contributed by atoms with E-state index in [1.165, 1.54) is 0 Å². The van der Waals surface area contributed by atoms with Crippen molar-refractivity contribution in [1.82, 2.24) is 0 Å². The van der Waals surface area contributed by atoms with Gasteiger partial charge in [-0.2, -0.15) is 0 Å². The highest BCUT2D eigenvalue weighted by atomic mass is 35.5. The summed E-state index contributed by atoms with van der Waals surface area (Å²) in [6.45, 7) is 1.75. The maximum Gasteiger partial charge on any atom is 0.248 e. The summed E-state index contributed by atoms with van der Waals surface area (Å²) in [7, 11) is 0. The van der Waals surface area contributed by atoms with E-state index in [-0.39, 0.29) is 12.4 Å². The third-order valence-electron chi connectivity index (χ3n) is 1.42. The lowest BCUT2D eigenvalue weighted by molar-refractivity contribution is 0.100. The number of carbonyl (C=O) groups excluding carboxylic acids is 1. The van der Waals surface area contributed by atoms with Crippen molar-refractivity contribution in [2.24, 2.45) is 5.73 Å². The molecule has 0 unspecified atom stereocenters. The number of hydrogen-bond acceptors (Lipinski definition) is 1. The highest BCUT2D eigenvalue weighted by molar-refractivity contribution is 5.93. The maximum atomic E-state index is 10.7. The lowest BCUT2D eigenvalue weighted by atomic mass is 10.1. The number of primary amides is 1. The second kappa shape index (κ2) is 5.23. The van der Waals surface area contributed by atoms with E-state index in [1.54, 1.807) is 25.1 Å². The van der Waals surface area contributed by atoms with Crippen molar-refractivity contribution in [2.75, 3.05) is 0 Å². The normalized spacial score (nSPS) is 7.77. The SMILES string of the molecule is CC#Cc1cccc(C(N)=O)c1.Cl. The topological polar surface area (TPSA) is 43.1 Å². The molecule has 1 aromatic carbocycles. The number of halogens is 1. The van der Waals surface area contributed by atoms with E-state index in [0.717, 1.165) is 5.56 Å². The van der Waals surface area contributed by atoms with Crippen LogP contribution in [0.1, 0.15) is 22.8 Å². The predicted molar refractivity (Wildman–Crippen MR) is 54.8 cm³/mol. The highest BCUT2D eigenvalue weighted by Gasteiger charge is 1.98. The van der Waals surface area contributed by atoms with E-state index in [2.05, 4.69) is 11.8 Å². The minimum Gasteiger partial charge on any atom is -0.366 e. The van der Waals surface area contributed by atoms with E-state index in [0.29, 0.717) is 5.56 Å². The second-order valence-corrected chi connectivity index (χ2v) is 2.32. The van der Waals surface area contributed by atoms with Crippen LogP contribution >= 0.6 is 12.4 Å². The Kier molecular flexibility index (Phi) is 4.64. The number of carbonyl (C=O) groups is 1. The van der Waals surface area contributed by atoms with Crippen molar-refractivity contribution in [1.29, 1.82) is 0 Å². The van der Waals surface area contributed by atoms with Crippen molar-refractivity contribution in [3.8, 4) is 11.8 Å². The molecule has 0 saturated carbocycles. The monoisotopic (exact) mass is 195 g/mol. The highest BCUT2D eigenvalue weighted by Crippen LogP contribution is 2.02. The Balaban J connectivity index is 0.00000144. The fourth-order valence-corrected chi connectivity index (χ4v) is 0.895. The van der Waals surface area contributed by atoms with Gasteiger partial charge in [-0.1, -0.05) is 12.0 Å². The smallest absolute Gasteiger partial charge is 0.248 e. The molecule has 0 spiro atoms. The van der Waals surface area contributed by atoms with Crippen LogP contribution in [0.15, 0.2) is 24.3 Å². The second-order valence-electron chi connectivity index (χ2n) is 2.32. The summed E-state index contributed by atoms with van der Waals surface area (Å²) < 4.78 is 0. The number of nitrogens with two attached hydrogens (primary N) is 1. The number of hydrogen-bond donors (Lipinski definition) is 1. The minimum atomic E-state index is -0.422. The Bertz CT molecular complexity index is 363. The summed E-state index contributed by atoms with van der Waals surface area (Å²) in [5.41, 5.74) is 6.40. The molecule has 0 fully saturated rings. The summed E-state index contributed by atoms with van der Waals surface area (Å²) >= 11 is 0. The van der Waals surface area contributed by atoms with E-state index in [9.17, 15) is 4.79 Å². The fraction of sp³-hybridized carbons (Fsp3) is 0.100. The van der Waals surface area contributed by atoms with Gasteiger partial charge in [0.2, 0.25) is 5.91 Å². The van der Waals surface area contributed by atoms with Crippen molar-refractivity contribution >= 4 is 18.3 Å². The largest absolute Gasteiger partial charge is 0.366 e. The first kappa shape index (κ1) is 11.5. The molecule has 2 nitrogen and oxygen atoms in total. The van der Waals surface area contributed by atoms with Crippen LogP contribution in [0.2, 0.25) is 0 Å². The molecule has 3 heteroatoms. The molecule has 2 N–H and O–H groups in total. The molecular weight excluding hydrogens is 186 g/mol. The first-order valence-corrected chi connectivity index (χ1v) is 3.56. The molecule has 0 aliphatic rings. The standard InChI is InChI=1S/C10H9NO.ClH/c1-2-4-8-5-3-6-9(7-8)10(11)12;/h3,5-7H,1H3,(H2,11,12);1H. The van der Waals surface area contributed by atoms with Crippen LogP contribution < -0.4 is 5.73 Å². The number of amides is 1. The van der Waals surface area contributed by atoms with Crippen LogP contribution in [0.25, 0.3) is 0 Å². The Hall–Kier alpha value is -1.46. The van der Waals surface area contributed by atoms with Crippen molar-refractivity contribution in [2.45, 2.75) is 6.92 Å². The van der Waals surface area contributed by atoms with Crippen molar-refractivity contribution in [3.63, 3.8) is 0 Å². The first-order valence-electron chi connectivity index (χ1n) is 3.56. The number of rotatable bonds is 1. The lowest BCUT2D eigenvalue weighted by Crippen LogP contribution is -2.10. The molecule has 1 aromatic rings. The molecule has 0 aliphatic heterocycles. The molecule has 0 aliphatic carbocycles. The van der Waals surface area contributed by atoms with Crippen molar-refractivity contribution in [3.05, 3.63) is 35.4 Å². The van der Waals surface area contributed by atoms with Crippen LogP contribution in [0.3, 0.4) is 0 Å². The van der Waals surface area contributed by atoms with Crippen LogP contribution in [-0.4, -0.2) is 5.91 Å². The third-order valence-corrected chi connectivity index (χ3v) is 1.42. The average molecular weight is 196 g/mol.